The van der Waals surface area contributed by atoms with Gasteiger partial charge in [0.2, 0.25) is 0 Å². The topological polar surface area (TPSA) is 99.0 Å². The van der Waals surface area contributed by atoms with Crippen LogP contribution in [-0.2, 0) is 0 Å². The maximum atomic E-state index is 12.8. The molecule has 8 nitrogen and oxygen atoms in total. The van der Waals surface area contributed by atoms with E-state index in [9.17, 15) is 9.59 Å². The van der Waals surface area contributed by atoms with Gasteiger partial charge in [-0.2, -0.15) is 0 Å². The predicted octanol–water partition coefficient (Wildman–Crippen LogP) is 4.96. The van der Waals surface area contributed by atoms with Crippen LogP contribution in [0.2, 0.25) is 0 Å². The highest BCUT2D eigenvalue weighted by Crippen LogP contribution is 2.30. The second-order valence-electron chi connectivity index (χ2n) is 7.04. The third kappa shape index (κ3) is 4.59. The fourth-order valence-corrected chi connectivity index (χ4v) is 3.33. The molecule has 2 amide bonds. The molecule has 0 aliphatic carbocycles. The molecule has 168 valence electrons. The molecule has 8 heteroatoms. The van der Waals surface area contributed by atoms with E-state index in [4.69, 9.17) is 18.6 Å². The van der Waals surface area contributed by atoms with Gasteiger partial charge in [0.25, 0.3) is 11.8 Å². The number of anilines is 2. The molecule has 1 aromatic heterocycles. The van der Waals surface area contributed by atoms with Crippen molar-refractivity contribution in [1.29, 1.82) is 0 Å². The summed E-state index contributed by atoms with van der Waals surface area (Å²) >= 11 is 0. The normalized spacial score (nSPS) is 10.5. The third-order valence-corrected chi connectivity index (χ3v) is 5.01. The Morgan fingerprint density at radius 2 is 1.55 bits per heavy atom. The Balaban J connectivity index is 1.52. The number of amides is 2. The van der Waals surface area contributed by atoms with Crippen molar-refractivity contribution in [2.45, 2.75) is 0 Å². The number of rotatable bonds is 7. The van der Waals surface area contributed by atoms with Crippen molar-refractivity contribution in [3.05, 3.63) is 78.1 Å². The van der Waals surface area contributed by atoms with Crippen LogP contribution in [0.1, 0.15) is 20.9 Å². The summed E-state index contributed by atoms with van der Waals surface area (Å²) in [5.41, 5.74) is 1.89. The highest BCUT2D eigenvalue weighted by Gasteiger charge is 2.17. The number of carbonyl (C=O) groups excluding carboxylic acids is 2. The van der Waals surface area contributed by atoms with Crippen molar-refractivity contribution in [2.24, 2.45) is 0 Å². The molecule has 0 spiro atoms. The van der Waals surface area contributed by atoms with Gasteiger partial charge in [0.05, 0.1) is 32.6 Å². The van der Waals surface area contributed by atoms with Gasteiger partial charge >= 0.3 is 0 Å². The molecular formula is C25H22N2O6. The second kappa shape index (κ2) is 9.35. The molecule has 0 aliphatic rings. The molecule has 0 unspecified atom stereocenters. The van der Waals surface area contributed by atoms with Crippen LogP contribution in [0.25, 0.3) is 11.0 Å². The number of nitrogens with one attached hydrogen (secondary N) is 2. The lowest BCUT2D eigenvalue weighted by atomic mass is 10.1. The third-order valence-electron chi connectivity index (χ3n) is 5.01. The van der Waals surface area contributed by atoms with Crippen molar-refractivity contribution >= 4 is 34.2 Å². The predicted molar refractivity (Wildman–Crippen MR) is 125 cm³/mol. The van der Waals surface area contributed by atoms with Crippen LogP contribution in [-0.4, -0.2) is 33.1 Å². The van der Waals surface area contributed by atoms with Gasteiger partial charge in [-0.15, -0.1) is 0 Å². The summed E-state index contributed by atoms with van der Waals surface area (Å²) in [4.78, 5) is 25.4. The van der Waals surface area contributed by atoms with E-state index in [1.54, 1.807) is 48.5 Å². The summed E-state index contributed by atoms with van der Waals surface area (Å²) < 4.78 is 21.5. The number of fused-ring (bicyclic) bond motifs is 1. The van der Waals surface area contributed by atoms with Crippen LogP contribution in [0, 0.1) is 0 Å². The van der Waals surface area contributed by atoms with E-state index in [1.807, 2.05) is 18.2 Å². The Hall–Kier alpha value is -4.46. The first kappa shape index (κ1) is 21.8. The first-order valence-corrected chi connectivity index (χ1v) is 10.0. The average molecular weight is 446 g/mol. The van der Waals surface area contributed by atoms with E-state index in [1.165, 1.54) is 21.3 Å². The van der Waals surface area contributed by atoms with Crippen molar-refractivity contribution in [1.82, 2.24) is 0 Å². The molecule has 2 N–H and O–H groups in total. The van der Waals surface area contributed by atoms with Gasteiger partial charge in [0.15, 0.2) is 5.76 Å². The Bertz CT molecular complexity index is 1290. The molecule has 0 fully saturated rings. The zero-order valence-corrected chi connectivity index (χ0v) is 18.3. The summed E-state index contributed by atoms with van der Waals surface area (Å²) in [7, 11) is 4.49. The Labute approximate surface area is 190 Å². The molecule has 1 heterocycles. The van der Waals surface area contributed by atoms with Crippen LogP contribution in [0.5, 0.6) is 17.2 Å². The van der Waals surface area contributed by atoms with Crippen LogP contribution >= 0.6 is 0 Å². The van der Waals surface area contributed by atoms with Gasteiger partial charge in [0, 0.05) is 23.2 Å². The lowest BCUT2D eigenvalue weighted by Gasteiger charge is -2.13. The van der Waals surface area contributed by atoms with Crippen molar-refractivity contribution < 1.29 is 28.2 Å². The fraction of sp³-hybridized carbons (Fsp3) is 0.120. The molecule has 0 saturated carbocycles. The Morgan fingerprint density at radius 3 is 2.27 bits per heavy atom. The van der Waals surface area contributed by atoms with Crippen LogP contribution in [0.4, 0.5) is 11.4 Å². The zero-order chi connectivity index (χ0) is 23.4. The quantitative estimate of drug-likeness (QED) is 0.416. The lowest BCUT2D eigenvalue weighted by Crippen LogP contribution is -2.14. The first-order chi connectivity index (χ1) is 16.0. The summed E-state index contributed by atoms with van der Waals surface area (Å²) in [6.07, 6.45) is 0. The number of methoxy groups -OCH3 is 3. The van der Waals surface area contributed by atoms with Gasteiger partial charge in [-0.3, -0.25) is 9.59 Å². The molecule has 33 heavy (non-hydrogen) atoms. The number of carbonyl (C=O) groups is 2. The van der Waals surface area contributed by atoms with Crippen molar-refractivity contribution in [3.8, 4) is 17.2 Å². The van der Waals surface area contributed by atoms with Crippen LogP contribution < -0.4 is 24.8 Å². The number of benzene rings is 3. The molecule has 3 aromatic carbocycles. The minimum Gasteiger partial charge on any atom is -0.497 e. The first-order valence-electron chi connectivity index (χ1n) is 10.0. The number of hydrogen-bond acceptors (Lipinski definition) is 6. The maximum absolute atomic E-state index is 12.8. The number of para-hydroxylation sites is 1. The summed E-state index contributed by atoms with van der Waals surface area (Å²) in [5.74, 6) is 0.740. The molecule has 4 rings (SSSR count). The minimum absolute atomic E-state index is 0.183. The number of furan rings is 1. The van der Waals surface area contributed by atoms with E-state index in [0.29, 0.717) is 39.8 Å². The van der Waals surface area contributed by atoms with E-state index < -0.39 is 5.91 Å². The molecule has 0 bridgehead atoms. The Kier molecular flexibility index (Phi) is 6.17. The second-order valence-corrected chi connectivity index (χ2v) is 7.04. The maximum Gasteiger partial charge on any atom is 0.291 e. The van der Waals surface area contributed by atoms with E-state index in [-0.39, 0.29) is 11.7 Å². The monoisotopic (exact) mass is 446 g/mol. The van der Waals surface area contributed by atoms with Crippen molar-refractivity contribution in [2.75, 3.05) is 32.0 Å². The molecular weight excluding hydrogens is 424 g/mol. The van der Waals surface area contributed by atoms with Gasteiger partial charge in [-0.05, 0) is 36.4 Å². The average Bonchev–Trinajstić information content (AvgIpc) is 3.29. The van der Waals surface area contributed by atoms with Gasteiger partial charge in [-0.1, -0.05) is 18.2 Å². The van der Waals surface area contributed by atoms with E-state index in [0.717, 1.165) is 5.39 Å². The highest BCUT2D eigenvalue weighted by molar-refractivity contribution is 6.07. The summed E-state index contributed by atoms with van der Waals surface area (Å²) in [5, 5.41) is 6.42. The van der Waals surface area contributed by atoms with Gasteiger partial charge in [-0.25, -0.2) is 0 Å². The summed E-state index contributed by atoms with van der Waals surface area (Å²) in [6.45, 7) is 0. The fourth-order valence-electron chi connectivity index (χ4n) is 3.33. The molecule has 4 aromatic rings. The Morgan fingerprint density at radius 1 is 0.758 bits per heavy atom. The molecule has 0 aliphatic heterocycles. The number of ether oxygens (including phenoxy) is 3. The van der Waals surface area contributed by atoms with Crippen molar-refractivity contribution in [3.63, 3.8) is 0 Å². The van der Waals surface area contributed by atoms with Crippen LogP contribution in [0.3, 0.4) is 0 Å². The van der Waals surface area contributed by atoms with Crippen LogP contribution in [0.15, 0.2) is 71.1 Å². The SMILES string of the molecule is COc1ccc(C(=O)Nc2ccc(NC(=O)c3cc4ccccc4o3)c(OC)c2)c(OC)c1. The standard InChI is InChI=1S/C25H22N2O6/c1-30-17-9-10-18(21(14-17)31-2)24(28)26-16-8-11-19(22(13-16)32-3)27-25(29)23-12-15-6-4-5-7-20(15)33-23/h4-14H,1-3H3,(H,26,28)(H,27,29). The largest absolute Gasteiger partial charge is 0.497 e. The number of hydrogen-bond donors (Lipinski definition) is 2. The van der Waals surface area contributed by atoms with E-state index in [2.05, 4.69) is 10.6 Å². The zero-order valence-electron chi connectivity index (χ0n) is 18.3. The summed E-state index contributed by atoms with van der Waals surface area (Å²) in [6, 6.07) is 18.9. The van der Waals surface area contributed by atoms with Gasteiger partial charge < -0.3 is 29.3 Å². The van der Waals surface area contributed by atoms with E-state index >= 15 is 0 Å². The molecule has 0 radical (unpaired) electrons. The smallest absolute Gasteiger partial charge is 0.291 e. The molecule has 0 atom stereocenters. The molecule has 0 saturated heterocycles. The van der Waals surface area contributed by atoms with Gasteiger partial charge in [0.1, 0.15) is 22.8 Å². The minimum atomic E-state index is -0.413. The highest BCUT2D eigenvalue weighted by atomic mass is 16.5. The lowest BCUT2D eigenvalue weighted by molar-refractivity contribution is 0.0995.